The molecule has 6 rings (SSSR count). The van der Waals surface area contributed by atoms with Crippen molar-refractivity contribution < 1.29 is 0 Å². The van der Waals surface area contributed by atoms with Crippen LogP contribution in [0, 0.1) is 0 Å². The third kappa shape index (κ3) is 3.39. The fourth-order valence-electron chi connectivity index (χ4n) is 4.97. The lowest BCUT2D eigenvalue weighted by atomic mass is 10.0. The van der Waals surface area contributed by atoms with Gasteiger partial charge in [0.25, 0.3) is 5.56 Å². The van der Waals surface area contributed by atoms with E-state index >= 15 is 0 Å². The molecule has 156 valence electrons. The first-order valence-electron chi connectivity index (χ1n) is 11.2. The van der Waals surface area contributed by atoms with Crippen molar-refractivity contribution in [1.29, 1.82) is 0 Å². The van der Waals surface area contributed by atoms with Crippen LogP contribution in [0.1, 0.15) is 36.9 Å². The number of piperidine rings is 1. The Labute approximate surface area is 181 Å². The number of hydrogen-bond donors (Lipinski definition) is 2. The first-order valence-corrected chi connectivity index (χ1v) is 11.2. The fraction of sp³-hybridized carbons (Fsp3) is 0.308. The van der Waals surface area contributed by atoms with E-state index < -0.39 is 0 Å². The van der Waals surface area contributed by atoms with Crippen LogP contribution in [0.2, 0.25) is 0 Å². The zero-order valence-corrected chi connectivity index (χ0v) is 17.4. The average Bonchev–Trinajstić information content (AvgIpc) is 3.60. The van der Waals surface area contributed by atoms with Crippen molar-refractivity contribution in [3.05, 3.63) is 82.9 Å². The highest BCUT2D eigenvalue weighted by Crippen LogP contribution is 2.50. The van der Waals surface area contributed by atoms with Crippen LogP contribution in [-0.4, -0.2) is 28.7 Å². The Morgan fingerprint density at radius 1 is 0.935 bits per heavy atom. The van der Waals surface area contributed by atoms with E-state index in [1.807, 2.05) is 41.1 Å². The maximum absolute atomic E-state index is 13.6. The first-order chi connectivity index (χ1) is 15.3. The van der Waals surface area contributed by atoms with Crippen LogP contribution in [-0.2, 0) is 0 Å². The Morgan fingerprint density at radius 2 is 1.77 bits per heavy atom. The lowest BCUT2D eigenvalue weighted by molar-refractivity contribution is 0.479. The molecule has 2 aromatic carbocycles. The summed E-state index contributed by atoms with van der Waals surface area (Å²) in [6, 6.07) is 21.2. The van der Waals surface area contributed by atoms with Crippen molar-refractivity contribution >= 4 is 27.4 Å². The third-order valence-corrected chi connectivity index (χ3v) is 6.77. The predicted octanol–water partition coefficient (Wildman–Crippen LogP) is 4.44. The second kappa shape index (κ2) is 7.50. The largest absolute Gasteiger partial charge is 0.382 e. The quantitative estimate of drug-likeness (QED) is 0.522. The minimum atomic E-state index is 0.0998. The molecule has 0 bridgehead atoms. The van der Waals surface area contributed by atoms with Gasteiger partial charge < -0.3 is 15.2 Å². The van der Waals surface area contributed by atoms with Crippen molar-refractivity contribution in [2.75, 3.05) is 18.4 Å². The van der Waals surface area contributed by atoms with Gasteiger partial charge in [-0.15, -0.1) is 0 Å². The molecule has 2 fully saturated rings. The summed E-state index contributed by atoms with van der Waals surface area (Å²) < 4.78 is 1.93. The average molecular weight is 411 g/mol. The third-order valence-electron chi connectivity index (χ3n) is 6.77. The normalized spacial score (nSPS) is 21.4. The molecule has 1 aliphatic carbocycles. The summed E-state index contributed by atoms with van der Waals surface area (Å²) in [6.45, 7) is 2.05. The van der Waals surface area contributed by atoms with Crippen LogP contribution < -0.4 is 16.2 Å². The van der Waals surface area contributed by atoms with E-state index in [4.69, 9.17) is 4.98 Å². The van der Waals surface area contributed by atoms with E-state index in [1.165, 1.54) is 0 Å². The van der Waals surface area contributed by atoms with Gasteiger partial charge in [-0.2, -0.15) is 0 Å². The number of pyridine rings is 2. The van der Waals surface area contributed by atoms with Gasteiger partial charge in [0.15, 0.2) is 0 Å². The molecule has 4 aromatic rings. The molecule has 2 aliphatic rings. The second-order valence-corrected chi connectivity index (χ2v) is 8.80. The highest BCUT2D eigenvalue weighted by Gasteiger charge is 2.41. The topological polar surface area (TPSA) is 59.0 Å². The highest BCUT2D eigenvalue weighted by molar-refractivity contribution is 5.93. The van der Waals surface area contributed by atoms with Crippen molar-refractivity contribution in [2.45, 2.75) is 37.3 Å². The van der Waals surface area contributed by atoms with Gasteiger partial charge in [0.2, 0.25) is 0 Å². The van der Waals surface area contributed by atoms with E-state index in [-0.39, 0.29) is 11.6 Å². The van der Waals surface area contributed by atoms with E-state index in [0.29, 0.717) is 12.0 Å². The number of hydrogen-bond acceptors (Lipinski definition) is 4. The summed E-state index contributed by atoms with van der Waals surface area (Å²) in [7, 11) is 0. The standard InChI is InChI=1S/C26H26N4O/c31-26-25-18(5-3-7-23(25)28-19-10-13-27-14-11-19)12-15-30(26)24-16-20(24)22-9-8-17-4-1-2-6-21(17)29-22/h1-9,12,15,19-20,24,27-28H,10-11,13-14,16H2/t20-,24-/m1/s1. The fourth-order valence-corrected chi connectivity index (χ4v) is 4.97. The zero-order valence-electron chi connectivity index (χ0n) is 17.4. The number of benzene rings is 2. The van der Waals surface area contributed by atoms with Crippen LogP contribution in [0.25, 0.3) is 21.7 Å². The summed E-state index contributed by atoms with van der Waals surface area (Å²) >= 11 is 0. The number of fused-ring (bicyclic) bond motifs is 2. The zero-order chi connectivity index (χ0) is 20.8. The minimum absolute atomic E-state index is 0.0998. The number of nitrogens with zero attached hydrogens (tertiary/aromatic N) is 2. The Morgan fingerprint density at radius 3 is 2.68 bits per heavy atom. The van der Waals surface area contributed by atoms with Crippen molar-refractivity contribution in [2.24, 2.45) is 0 Å². The lowest BCUT2D eigenvalue weighted by Gasteiger charge is -2.25. The van der Waals surface area contributed by atoms with E-state index in [9.17, 15) is 4.79 Å². The lowest BCUT2D eigenvalue weighted by Crippen LogP contribution is -2.35. The van der Waals surface area contributed by atoms with Gasteiger partial charge >= 0.3 is 0 Å². The van der Waals surface area contributed by atoms with Gasteiger partial charge in [-0.05, 0) is 62.0 Å². The second-order valence-electron chi connectivity index (χ2n) is 8.80. The van der Waals surface area contributed by atoms with Crippen LogP contribution in [0.15, 0.2) is 71.7 Å². The SMILES string of the molecule is O=c1c2c(NC3CCNCC3)cccc2ccn1[C@@H]1C[C@@H]1c1ccc2ccccc2n1. The number of nitrogens with one attached hydrogen (secondary N) is 2. The molecule has 3 heterocycles. The minimum Gasteiger partial charge on any atom is -0.382 e. The van der Waals surface area contributed by atoms with Crippen LogP contribution in [0.5, 0.6) is 0 Å². The maximum atomic E-state index is 13.6. The molecule has 1 saturated carbocycles. The van der Waals surface area contributed by atoms with Gasteiger partial charge in [0.1, 0.15) is 0 Å². The molecule has 1 saturated heterocycles. The Bertz CT molecular complexity index is 1320. The molecule has 0 radical (unpaired) electrons. The van der Waals surface area contributed by atoms with E-state index in [2.05, 4.69) is 41.0 Å². The molecule has 1 aliphatic heterocycles. The monoisotopic (exact) mass is 410 g/mol. The summed E-state index contributed by atoms with van der Waals surface area (Å²) in [6.07, 6.45) is 5.08. The number of para-hydroxylation sites is 1. The first kappa shape index (κ1) is 18.6. The van der Waals surface area contributed by atoms with Crippen LogP contribution in [0.4, 0.5) is 5.69 Å². The number of anilines is 1. The van der Waals surface area contributed by atoms with Crippen LogP contribution >= 0.6 is 0 Å². The molecule has 2 N–H and O–H groups in total. The summed E-state index contributed by atoms with van der Waals surface area (Å²) in [5.74, 6) is 0.296. The molecule has 31 heavy (non-hydrogen) atoms. The Kier molecular flexibility index (Phi) is 4.50. The molecular formula is C26H26N4O. The summed E-state index contributed by atoms with van der Waals surface area (Å²) in [5.41, 5.74) is 3.16. The Balaban J connectivity index is 1.33. The molecule has 2 atom stereocenters. The molecule has 0 amide bonds. The molecule has 0 spiro atoms. The van der Waals surface area contributed by atoms with E-state index in [0.717, 1.165) is 65.4 Å². The van der Waals surface area contributed by atoms with Gasteiger partial charge in [-0.3, -0.25) is 9.78 Å². The summed E-state index contributed by atoms with van der Waals surface area (Å²) in [4.78, 5) is 18.4. The molecule has 2 aromatic heterocycles. The van der Waals surface area contributed by atoms with E-state index in [1.54, 1.807) is 0 Å². The Hall–Kier alpha value is -3.18. The molecule has 0 unspecified atom stereocenters. The number of rotatable bonds is 4. The van der Waals surface area contributed by atoms with Gasteiger partial charge in [0.05, 0.1) is 10.9 Å². The maximum Gasteiger partial charge on any atom is 0.260 e. The predicted molar refractivity (Wildman–Crippen MR) is 126 cm³/mol. The number of aromatic nitrogens is 2. The van der Waals surface area contributed by atoms with Gasteiger partial charge in [-0.1, -0.05) is 36.4 Å². The van der Waals surface area contributed by atoms with Gasteiger partial charge in [0, 0.05) is 41.0 Å². The van der Waals surface area contributed by atoms with Crippen molar-refractivity contribution in [1.82, 2.24) is 14.9 Å². The van der Waals surface area contributed by atoms with Crippen molar-refractivity contribution in [3.8, 4) is 0 Å². The molecule has 5 heteroatoms. The molecular weight excluding hydrogens is 384 g/mol. The highest BCUT2D eigenvalue weighted by atomic mass is 16.1. The molecule has 5 nitrogen and oxygen atoms in total. The van der Waals surface area contributed by atoms with Crippen molar-refractivity contribution in [3.63, 3.8) is 0 Å². The smallest absolute Gasteiger partial charge is 0.260 e. The van der Waals surface area contributed by atoms with Crippen LogP contribution in [0.3, 0.4) is 0 Å². The van der Waals surface area contributed by atoms with Gasteiger partial charge in [-0.25, -0.2) is 0 Å². The summed E-state index contributed by atoms with van der Waals surface area (Å²) in [5, 5.41) is 10.0.